The molecule has 0 amide bonds. The van der Waals surface area contributed by atoms with E-state index in [-0.39, 0.29) is 11.5 Å². The molecule has 3 heteroatoms. The molecule has 2 aliphatic carbocycles. The van der Waals surface area contributed by atoms with Gasteiger partial charge < -0.3 is 10.5 Å². The number of nitrogens with two attached hydrogens (primary N) is 1. The van der Waals surface area contributed by atoms with E-state index in [2.05, 4.69) is 4.74 Å². The van der Waals surface area contributed by atoms with Crippen LogP contribution in [0.5, 0.6) is 0 Å². The number of methoxy groups -OCH3 is 1. The van der Waals surface area contributed by atoms with Crippen molar-refractivity contribution in [2.24, 2.45) is 17.6 Å². The van der Waals surface area contributed by atoms with Gasteiger partial charge in [0.2, 0.25) is 0 Å². The topological polar surface area (TPSA) is 52.3 Å². The number of ether oxygens (including phenoxy) is 1. The van der Waals surface area contributed by atoms with Gasteiger partial charge in [-0.2, -0.15) is 0 Å². The first kappa shape index (κ1) is 9.00. The van der Waals surface area contributed by atoms with E-state index >= 15 is 0 Å². The Hall–Kier alpha value is -0.570. The fourth-order valence-corrected chi connectivity index (χ4v) is 3.06. The van der Waals surface area contributed by atoms with E-state index in [1.165, 1.54) is 26.4 Å². The number of carbonyl (C=O) groups excluding carboxylic acids is 1. The number of rotatable bonds is 2. The average molecular weight is 183 g/mol. The largest absolute Gasteiger partial charge is 0.469 e. The summed E-state index contributed by atoms with van der Waals surface area (Å²) in [6.07, 6.45) is 5.23. The van der Waals surface area contributed by atoms with E-state index in [1.807, 2.05) is 0 Å². The lowest BCUT2D eigenvalue weighted by Crippen LogP contribution is -2.59. The van der Waals surface area contributed by atoms with Crippen LogP contribution in [0.2, 0.25) is 0 Å². The Morgan fingerprint density at radius 2 is 2.38 bits per heavy atom. The van der Waals surface area contributed by atoms with Gasteiger partial charge in [0.1, 0.15) is 0 Å². The Morgan fingerprint density at radius 3 is 3.00 bits per heavy atom. The van der Waals surface area contributed by atoms with Crippen molar-refractivity contribution in [3.8, 4) is 0 Å². The molecule has 2 N–H and O–H groups in total. The molecule has 3 atom stereocenters. The number of carbonyl (C=O) groups is 1. The standard InChI is InChI=1S/C10H17NO2/c1-13-9(12)6-10(11)5-7-3-2-4-8(7)10/h7-8H,2-6,11H2,1H3. The van der Waals surface area contributed by atoms with Crippen molar-refractivity contribution in [2.45, 2.75) is 37.6 Å². The molecule has 2 aliphatic rings. The van der Waals surface area contributed by atoms with Crippen LogP contribution in [0.3, 0.4) is 0 Å². The third-order valence-electron chi connectivity index (χ3n) is 3.74. The van der Waals surface area contributed by atoms with Crippen molar-refractivity contribution in [3.63, 3.8) is 0 Å². The molecule has 13 heavy (non-hydrogen) atoms. The fourth-order valence-electron chi connectivity index (χ4n) is 3.06. The van der Waals surface area contributed by atoms with Gasteiger partial charge in [-0.3, -0.25) is 4.79 Å². The van der Waals surface area contributed by atoms with Crippen LogP contribution in [0, 0.1) is 11.8 Å². The van der Waals surface area contributed by atoms with Gasteiger partial charge in [0.05, 0.1) is 13.5 Å². The predicted octanol–water partition coefficient (Wildman–Crippen LogP) is 1.07. The molecule has 2 rings (SSSR count). The molecule has 0 aromatic rings. The molecule has 2 fully saturated rings. The molecule has 0 radical (unpaired) electrons. The Bertz CT molecular complexity index is 229. The molecule has 3 unspecified atom stereocenters. The Balaban J connectivity index is 1.95. The third-order valence-corrected chi connectivity index (χ3v) is 3.74. The van der Waals surface area contributed by atoms with Gasteiger partial charge in [-0.25, -0.2) is 0 Å². The minimum Gasteiger partial charge on any atom is -0.469 e. The summed E-state index contributed by atoms with van der Waals surface area (Å²) in [4.78, 5) is 11.1. The number of hydrogen-bond donors (Lipinski definition) is 1. The number of hydrogen-bond acceptors (Lipinski definition) is 3. The van der Waals surface area contributed by atoms with Gasteiger partial charge in [-0.1, -0.05) is 12.8 Å². The van der Waals surface area contributed by atoms with E-state index in [9.17, 15) is 4.79 Å². The molecular weight excluding hydrogens is 166 g/mol. The van der Waals surface area contributed by atoms with Gasteiger partial charge in [0.15, 0.2) is 0 Å². The lowest BCUT2D eigenvalue weighted by atomic mass is 9.60. The Kier molecular flexibility index (Phi) is 2.06. The van der Waals surface area contributed by atoms with Gasteiger partial charge in [0.25, 0.3) is 0 Å². The van der Waals surface area contributed by atoms with Crippen LogP contribution in [0.25, 0.3) is 0 Å². The van der Waals surface area contributed by atoms with Crippen LogP contribution < -0.4 is 5.73 Å². The predicted molar refractivity (Wildman–Crippen MR) is 49.0 cm³/mol. The lowest BCUT2D eigenvalue weighted by Gasteiger charge is -2.49. The zero-order chi connectivity index (χ0) is 9.47. The summed E-state index contributed by atoms with van der Waals surface area (Å²) >= 11 is 0. The smallest absolute Gasteiger partial charge is 0.307 e. The summed E-state index contributed by atoms with van der Waals surface area (Å²) in [5, 5.41) is 0. The highest BCUT2D eigenvalue weighted by Crippen LogP contribution is 2.53. The first-order chi connectivity index (χ1) is 6.15. The Morgan fingerprint density at radius 1 is 1.62 bits per heavy atom. The SMILES string of the molecule is COC(=O)CC1(N)CC2CCCC21. The maximum atomic E-state index is 11.1. The molecule has 0 saturated heterocycles. The second-order valence-corrected chi connectivity index (χ2v) is 4.49. The van der Waals surface area contributed by atoms with Crippen molar-refractivity contribution in [3.05, 3.63) is 0 Å². The quantitative estimate of drug-likeness (QED) is 0.651. The summed E-state index contributed by atoms with van der Waals surface area (Å²) in [5.41, 5.74) is 5.94. The van der Waals surface area contributed by atoms with E-state index < -0.39 is 0 Å². The maximum Gasteiger partial charge on any atom is 0.307 e. The second-order valence-electron chi connectivity index (χ2n) is 4.49. The molecule has 0 spiro atoms. The van der Waals surface area contributed by atoms with E-state index in [4.69, 9.17) is 5.73 Å². The highest BCUT2D eigenvalue weighted by molar-refractivity contribution is 5.71. The highest BCUT2D eigenvalue weighted by atomic mass is 16.5. The second kappa shape index (κ2) is 2.98. The minimum absolute atomic E-state index is 0.159. The van der Waals surface area contributed by atoms with E-state index in [0.717, 1.165) is 12.3 Å². The van der Waals surface area contributed by atoms with Gasteiger partial charge >= 0.3 is 5.97 Å². The molecule has 2 saturated carbocycles. The molecule has 3 nitrogen and oxygen atoms in total. The van der Waals surface area contributed by atoms with Crippen molar-refractivity contribution in [1.29, 1.82) is 0 Å². The van der Waals surface area contributed by atoms with Gasteiger partial charge in [0, 0.05) is 5.54 Å². The molecule has 74 valence electrons. The fraction of sp³-hybridized carbons (Fsp3) is 0.900. The van der Waals surface area contributed by atoms with Crippen LogP contribution in [0.4, 0.5) is 0 Å². The molecular formula is C10H17NO2. The van der Waals surface area contributed by atoms with Crippen LogP contribution in [-0.2, 0) is 9.53 Å². The first-order valence-corrected chi connectivity index (χ1v) is 5.01. The summed E-state index contributed by atoms with van der Waals surface area (Å²) in [5.74, 6) is 1.23. The molecule has 0 aromatic heterocycles. The normalized spacial score (nSPS) is 42.3. The van der Waals surface area contributed by atoms with E-state index in [0.29, 0.717) is 12.3 Å². The lowest BCUT2D eigenvalue weighted by molar-refractivity contribution is -0.144. The van der Waals surface area contributed by atoms with Crippen molar-refractivity contribution in [1.82, 2.24) is 0 Å². The van der Waals surface area contributed by atoms with E-state index in [1.54, 1.807) is 0 Å². The maximum absolute atomic E-state index is 11.1. The van der Waals surface area contributed by atoms with Gasteiger partial charge in [-0.05, 0) is 24.7 Å². The van der Waals surface area contributed by atoms with Crippen LogP contribution in [0.15, 0.2) is 0 Å². The molecule has 0 bridgehead atoms. The van der Waals surface area contributed by atoms with Gasteiger partial charge in [-0.15, -0.1) is 0 Å². The summed E-state index contributed by atoms with van der Waals surface area (Å²) < 4.78 is 4.65. The zero-order valence-corrected chi connectivity index (χ0v) is 8.08. The van der Waals surface area contributed by atoms with Crippen molar-refractivity contribution in [2.75, 3.05) is 7.11 Å². The summed E-state index contributed by atoms with van der Waals surface area (Å²) in [7, 11) is 1.43. The Labute approximate surface area is 78.6 Å². The number of fused-ring (bicyclic) bond motifs is 1. The van der Waals surface area contributed by atoms with Crippen molar-refractivity contribution < 1.29 is 9.53 Å². The first-order valence-electron chi connectivity index (χ1n) is 5.01. The third kappa shape index (κ3) is 1.35. The molecule has 0 heterocycles. The number of esters is 1. The summed E-state index contributed by atoms with van der Waals surface area (Å²) in [6.45, 7) is 0. The highest BCUT2D eigenvalue weighted by Gasteiger charge is 2.53. The van der Waals surface area contributed by atoms with Crippen LogP contribution in [0.1, 0.15) is 32.1 Å². The van der Waals surface area contributed by atoms with Crippen LogP contribution in [-0.4, -0.2) is 18.6 Å². The molecule has 0 aliphatic heterocycles. The monoisotopic (exact) mass is 183 g/mol. The minimum atomic E-state index is -0.228. The van der Waals surface area contributed by atoms with Crippen LogP contribution >= 0.6 is 0 Å². The summed E-state index contributed by atoms with van der Waals surface area (Å²) in [6, 6.07) is 0. The average Bonchev–Trinajstić information content (AvgIpc) is 2.47. The zero-order valence-electron chi connectivity index (χ0n) is 8.08. The van der Waals surface area contributed by atoms with Crippen molar-refractivity contribution >= 4 is 5.97 Å². The molecule has 0 aromatic carbocycles.